The van der Waals surface area contributed by atoms with Crippen LogP contribution in [0.4, 0.5) is 0 Å². The van der Waals surface area contributed by atoms with Crippen LogP contribution in [0.2, 0.25) is 0 Å². The highest BCUT2D eigenvalue weighted by Crippen LogP contribution is 2.31. The maximum Gasteiger partial charge on any atom is 0.205 e. The Labute approximate surface area is 194 Å². The van der Waals surface area contributed by atoms with E-state index in [4.69, 9.17) is 10.1 Å². The topological polar surface area (TPSA) is 85.2 Å². The van der Waals surface area contributed by atoms with Gasteiger partial charge in [0, 0.05) is 18.4 Å². The van der Waals surface area contributed by atoms with E-state index in [0.717, 1.165) is 47.6 Å². The third kappa shape index (κ3) is 4.87. The number of tetrazole rings is 1. The van der Waals surface area contributed by atoms with Crippen LogP contribution in [0.25, 0.3) is 22.5 Å². The average molecular weight is 442 g/mol. The first kappa shape index (κ1) is 21.5. The summed E-state index contributed by atoms with van der Waals surface area (Å²) in [4.78, 5) is 4.97. The fourth-order valence-electron chi connectivity index (χ4n) is 4.77. The lowest BCUT2D eigenvalue weighted by Crippen LogP contribution is -2.17. The molecule has 0 radical (unpaired) electrons. The van der Waals surface area contributed by atoms with Gasteiger partial charge in [-0.3, -0.25) is 0 Å². The van der Waals surface area contributed by atoms with E-state index in [1.165, 1.54) is 44.1 Å². The van der Waals surface area contributed by atoms with Crippen LogP contribution >= 0.6 is 0 Å². The van der Waals surface area contributed by atoms with Gasteiger partial charge in [-0.15, -0.1) is 10.2 Å². The van der Waals surface area contributed by atoms with Gasteiger partial charge in [-0.1, -0.05) is 81.1 Å². The molecule has 5 rings (SSSR count). The number of H-pyrrole nitrogens is 1. The molecule has 4 aromatic rings. The van der Waals surface area contributed by atoms with Gasteiger partial charge >= 0.3 is 0 Å². The number of nitrogens with zero attached hydrogens (tertiary/aromatic N) is 6. The summed E-state index contributed by atoms with van der Waals surface area (Å²) in [7, 11) is 0. The standard InChI is InChI=1S/C26H31N7/c1-2-3-13-24-27-25(33(30-24)21-9-5-4-6-10-21)18-19-14-16-20(17-15-19)22-11-7-8-12-23(22)26-28-31-32-29-26/h7-8,11-12,14-17,21H,2-6,9-10,13,18H2,1H3,(H,28,29,31,32). The number of nitrogens with one attached hydrogen (secondary N) is 1. The lowest BCUT2D eigenvalue weighted by molar-refractivity contribution is 0.321. The van der Waals surface area contributed by atoms with E-state index in [1.54, 1.807) is 0 Å². The normalized spacial score (nSPS) is 14.6. The van der Waals surface area contributed by atoms with Crippen molar-refractivity contribution in [3.8, 4) is 22.5 Å². The van der Waals surface area contributed by atoms with E-state index in [1.807, 2.05) is 18.2 Å². The molecule has 7 heteroatoms. The quantitative estimate of drug-likeness (QED) is 0.387. The molecule has 2 aromatic heterocycles. The summed E-state index contributed by atoms with van der Waals surface area (Å²) >= 11 is 0. The van der Waals surface area contributed by atoms with Crippen LogP contribution in [0, 0.1) is 0 Å². The summed E-state index contributed by atoms with van der Waals surface area (Å²) in [6.07, 6.45) is 10.5. The Kier molecular flexibility index (Phi) is 6.56. The lowest BCUT2D eigenvalue weighted by Gasteiger charge is -2.23. The molecule has 0 saturated heterocycles. The van der Waals surface area contributed by atoms with Crippen molar-refractivity contribution in [3.05, 3.63) is 65.7 Å². The maximum atomic E-state index is 4.97. The molecule has 2 heterocycles. The molecular formula is C26H31N7. The number of benzene rings is 2. The molecule has 170 valence electrons. The Morgan fingerprint density at radius 1 is 0.970 bits per heavy atom. The Morgan fingerprint density at radius 3 is 2.48 bits per heavy atom. The number of rotatable bonds is 8. The predicted molar refractivity (Wildman–Crippen MR) is 129 cm³/mol. The van der Waals surface area contributed by atoms with Crippen LogP contribution in [-0.4, -0.2) is 35.4 Å². The lowest BCUT2D eigenvalue weighted by atomic mass is 9.95. The number of hydrogen-bond donors (Lipinski definition) is 1. The minimum atomic E-state index is 0.498. The van der Waals surface area contributed by atoms with Crippen molar-refractivity contribution in [2.24, 2.45) is 0 Å². The second kappa shape index (κ2) is 10.1. The molecule has 33 heavy (non-hydrogen) atoms. The van der Waals surface area contributed by atoms with Gasteiger partial charge in [-0.25, -0.2) is 9.67 Å². The number of hydrogen-bond acceptors (Lipinski definition) is 5. The van der Waals surface area contributed by atoms with Crippen molar-refractivity contribution < 1.29 is 0 Å². The number of aromatic amines is 1. The van der Waals surface area contributed by atoms with Crippen molar-refractivity contribution >= 4 is 0 Å². The fraction of sp³-hybridized carbons (Fsp3) is 0.423. The summed E-state index contributed by atoms with van der Waals surface area (Å²) in [5.74, 6) is 2.71. The average Bonchev–Trinajstić information content (AvgIpc) is 3.54. The van der Waals surface area contributed by atoms with E-state index >= 15 is 0 Å². The van der Waals surface area contributed by atoms with Crippen LogP contribution in [0.1, 0.15) is 75.1 Å². The second-order valence-corrected chi connectivity index (χ2v) is 8.94. The first-order valence-corrected chi connectivity index (χ1v) is 12.2. The van der Waals surface area contributed by atoms with Crippen molar-refractivity contribution in [3.63, 3.8) is 0 Å². The van der Waals surface area contributed by atoms with Crippen molar-refractivity contribution in [2.75, 3.05) is 0 Å². The summed E-state index contributed by atoms with van der Waals surface area (Å²) in [5.41, 5.74) is 4.45. The molecule has 1 aliphatic carbocycles. The largest absolute Gasteiger partial charge is 0.246 e. The molecule has 0 unspecified atom stereocenters. The van der Waals surface area contributed by atoms with Crippen LogP contribution < -0.4 is 0 Å². The molecule has 2 aromatic carbocycles. The van der Waals surface area contributed by atoms with E-state index in [0.29, 0.717) is 11.9 Å². The molecule has 0 spiro atoms. The second-order valence-electron chi connectivity index (χ2n) is 8.94. The Hall–Kier alpha value is -3.35. The van der Waals surface area contributed by atoms with Gasteiger partial charge in [0.15, 0.2) is 5.82 Å². The molecule has 0 aliphatic heterocycles. The molecule has 1 aliphatic rings. The van der Waals surface area contributed by atoms with Gasteiger partial charge in [0.25, 0.3) is 0 Å². The Balaban J connectivity index is 1.39. The summed E-state index contributed by atoms with van der Waals surface area (Å²) in [6.45, 7) is 2.22. The van der Waals surface area contributed by atoms with Gasteiger partial charge in [0.05, 0.1) is 6.04 Å². The van der Waals surface area contributed by atoms with Crippen molar-refractivity contribution in [1.82, 2.24) is 35.4 Å². The molecule has 1 fully saturated rings. The SMILES string of the molecule is CCCCc1nc(Cc2ccc(-c3ccccc3-c3nn[nH]n3)cc2)n(C2CCCCC2)n1. The molecule has 1 N–H and O–H groups in total. The molecule has 1 saturated carbocycles. The van der Waals surface area contributed by atoms with Gasteiger partial charge in [0.1, 0.15) is 5.82 Å². The predicted octanol–water partition coefficient (Wildman–Crippen LogP) is 5.56. The summed E-state index contributed by atoms with van der Waals surface area (Å²) in [5, 5.41) is 19.5. The van der Waals surface area contributed by atoms with Crippen LogP contribution in [0.3, 0.4) is 0 Å². The summed E-state index contributed by atoms with van der Waals surface area (Å²) in [6, 6.07) is 17.4. The number of unbranched alkanes of at least 4 members (excludes halogenated alkanes) is 1. The fourth-order valence-corrected chi connectivity index (χ4v) is 4.77. The zero-order valence-electron chi connectivity index (χ0n) is 19.2. The van der Waals surface area contributed by atoms with Gasteiger partial charge < -0.3 is 0 Å². The van der Waals surface area contributed by atoms with E-state index in [9.17, 15) is 0 Å². The molecule has 0 bridgehead atoms. The molecule has 0 atom stereocenters. The summed E-state index contributed by atoms with van der Waals surface area (Å²) < 4.78 is 2.25. The van der Waals surface area contributed by atoms with E-state index in [2.05, 4.69) is 62.6 Å². The monoisotopic (exact) mass is 441 g/mol. The van der Waals surface area contributed by atoms with Gasteiger partial charge in [-0.05, 0) is 41.2 Å². The third-order valence-corrected chi connectivity index (χ3v) is 6.56. The minimum absolute atomic E-state index is 0.498. The molecule has 0 amide bonds. The smallest absolute Gasteiger partial charge is 0.205 e. The minimum Gasteiger partial charge on any atom is -0.246 e. The van der Waals surface area contributed by atoms with Crippen LogP contribution in [-0.2, 0) is 12.8 Å². The number of aromatic nitrogens is 7. The van der Waals surface area contributed by atoms with Gasteiger partial charge in [0.2, 0.25) is 5.82 Å². The third-order valence-electron chi connectivity index (χ3n) is 6.56. The van der Waals surface area contributed by atoms with E-state index < -0.39 is 0 Å². The maximum absolute atomic E-state index is 4.97. The molecule has 7 nitrogen and oxygen atoms in total. The first-order valence-electron chi connectivity index (χ1n) is 12.2. The van der Waals surface area contributed by atoms with Crippen LogP contribution in [0.5, 0.6) is 0 Å². The highest BCUT2D eigenvalue weighted by Gasteiger charge is 2.21. The Bertz CT molecular complexity index is 1160. The zero-order chi connectivity index (χ0) is 22.5. The highest BCUT2D eigenvalue weighted by molar-refractivity contribution is 5.80. The first-order chi connectivity index (χ1) is 16.3. The zero-order valence-corrected chi connectivity index (χ0v) is 19.2. The van der Waals surface area contributed by atoms with Crippen molar-refractivity contribution in [1.29, 1.82) is 0 Å². The van der Waals surface area contributed by atoms with E-state index in [-0.39, 0.29) is 0 Å². The Morgan fingerprint density at radius 2 is 1.76 bits per heavy atom. The number of aryl methyl sites for hydroxylation is 1. The highest BCUT2D eigenvalue weighted by atomic mass is 15.5. The van der Waals surface area contributed by atoms with Crippen molar-refractivity contribution in [2.45, 2.75) is 70.8 Å². The van der Waals surface area contributed by atoms with Gasteiger partial charge in [-0.2, -0.15) is 10.3 Å². The molecular weight excluding hydrogens is 410 g/mol. The van der Waals surface area contributed by atoms with Crippen LogP contribution in [0.15, 0.2) is 48.5 Å².